The minimum Gasteiger partial charge on any atom is -0.347 e. The van der Waals surface area contributed by atoms with Crippen molar-refractivity contribution in [3.05, 3.63) is 99.5 Å². The maximum absolute atomic E-state index is 12.9. The molecule has 3 aromatic heterocycles. The Bertz CT molecular complexity index is 1310. The van der Waals surface area contributed by atoms with E-state index in [0.29, 0.717) is 17.9 Å². The van der Waals surface area contributed by atoms with Gasteiger partial charge in [0.05, 0.1) is 17.4 Å². The molecule has 0 aliphatic rings. The fourth-order valence-electron chi connectivity index (χ4n) is 3.72. The van der Waals surface area contributed by atoms with Gasteiger partial charge in [-0.2, -0.15) is 5.10 Å². The molecule has 0 fully saturated rings. The van der Waals surface area contributed by atoms with E-state index >= 15 is 0 Å². The number of aromatic nitrogens is 5. The van der Waals surface area contributed by atoms with Gasteiger partial charge in [-0.3, -0.25) is 19.3 Å². The quantitative estimate of drug-likeness (QED) is 0.458. The molecule has 4 aromatic rings. The smallest absolute Gasteiger partial charge is 0.251 e. The second-order valence-corrected chi connectivity index (χ2v) is 8.02. The van der Waals surface area contributed by atoms with E-state index in [1.165, 1.54) is 6.07 Å². The predicted molar refractivity (Wildman–Crippen MR) is 126 cm³/mol. The molecule has 2 N–H and O–H groups in total. The van der Waals surface area contributed by atoms with Gasteiger partial charge in [0.25, 0.3) is 5.56 Å². The van der Waals surface area contributed by atoms with Crippen molar-refractivity contribution in [2.75, 3.05) is 0 Å². The Morgan fingerprint density at radius 3 is 2.58 bits per heavy atom. The first kappa shape index (κ1) is 22.1. The number of hydrogen-bond donors (Lipinski definition) is 2. The molecule has 168 valence electrons. The molecule has 0 radical (unpaired) electrons. The van der Waals surface area contributed by atoms with E-state index in [0.717, 1.165) is 28.1 Å². The van der Waals surface area contributed by atoms with Crippen LogP contribution in [0.15, 0.2) is 65.7 Å². The summed E-state index contributed by atoms with van der Waals surface area (Å²) in [4.78, 5) is 36.7. The van der Waals surface area contributed by atoms with Crippen molar-refractivity contribution in [2.45, 2.75) is 39.8 Å². The summed E-state index contributed by atoms with van der Waals surface area (Å²) in [6, 6.07) is 14.4. The minimum absolute atomic E-state index is 0.119. The highest BCUT2D eigenvalue weighted by Gasteiger charge is 2.19. The number of carbonyl (C=O) groups excluding carboxylic acids is 1. The number of benzene rings is 1. The van der Waals surface area contributed by atoms with Crippen LogP contribution in [0.25, 0.3) is 11.4 Å². The molecule has 33 heavy (non-hydrogen) atoms. The first-order valence-corrected chi connectivity index (χ1v) is 10.8. The molecule has 0 unspecified atom stereocenters. The van der Waals surface area contributed by atoms with Gasteiger partial charge in [-0.15, -0.1) is 0 Å². The monoisotopic (exact) mass is 442 g/mol. The maximum atomic E-state index is 12.9. The number of rotatable bonds is 7. The number of H-pyrrole nitrogens is 1. The Balaban J connectivity index is 1.59. The molecule has 0 saturated heterocycles. The van der Waals surface area contributed by atoms with Crippen molar-refractivity contribution in [1.82, 2.24) is 30.0 Å². The second kappa shape index (κ2) is 9.60. The fourth-order valence-corrected chi connectivity index (χ4v) is 3.72. The van der Waals surface area contributed by atoms with Crippen LogP contribution in [-0.2, 0) is 17.8 Å². The third-order valence-electron chi connectivity index (χ3n) is 5.72. The van der Waals surface area contributed by atoms with E-state index in [-0.39, 0.29) is 24.1 Å². The summed E-state index contributed by atoms with van der Waals surface area (Å²) >= 11 is 0. The highest BCUT2D eigenvalue weighted by molar-refractivity contribution is 5.76. The van der Waals surface area contributed by atoms with E-state index in [1.54, 1.807) is 23.1 Å². The number of carbonyl (C=O) groups is 1. The predicted octanol–water partition coefficient (Wildman–Crippen LogP) is 3.05. The zero-order chi connectivity index (χ0) is 23.4. The Labute approximate surface area is 191 Å². The van der Waals surface area contributed by atoms with Crippen molar-refractivity contribution in [3.8, 4) is 11.4 Å². The molecule has 1 amide bonds. The summed E-state index contributed by atoms with van der Waals surface area (Å²) in [6.07, 6.45) is 3.68. The van der Waals surface area contributed by atoms with Gasteiger partial charge < -0.3 is 10.3 Å². The molecule has 3 heterocycles. The minimum atomic E-state index is -0.354. The fraction of sp³-hybridized carbons (Fsp3) is 0.240. The molecule has 1 atom stereocenters. The Morgan fingerprint density at radius 2 is 1.91 bits per heavy atom. The van der Waals surface area contributed by atoms with Crippen LogP contribution in [0.4, 0.5) is 0 Å². The van der Waals surface area contributed by atoms with E-state index in [4.69, 9.17) is 0 Å². The zero-order valence-electron chi connectivity index (χ0n) is 18.9. The lowest BCUT2D eigenvalue weighted by Crippen LogP contribution is -2.33. The van der Waals surface area contributed by atoms with Gasteiger partial charge in [0.2, 0.25) is 5.91 Å². The van der Waals surface area contributed by atoms with Crippen LogP contribution in [0.2, 0.25) is 0 Å². The number of nitrogens with one attached hydrogen (secondary N) is 2. The number of aryl methyl sites for hydroxylation is 1. The van der Waals surface area contributed by atoms with Crippen LogP contribution in [0.5, 0.6) is 0 Å². The SMILES string of the molecule is Cc1nn(CC(=O)N[C@@H](Cc2cc(=O)[nH]c(-c3cccnc3)n2)c2ccccc2)c(C)c1C. The topological polar surface area (TPSA) is 106 Å². The van der Waals surface area contributed by atoms with Gasteiger partial charge in [0.1, 0.15) is 12.4 Å². The summed E-state index contributed by atoms with van der Waals surface area (Å²) in [5, 5.41) is 7.56. The van der Waals surface area contributed by atoms with Crippen LogP contribution < -0.4 is 10.9 Å². The lowest BCUT2D eigenvalue weighted by molar-refractivity contribution is -0.122. The summed E-state index contributed by atoms with van der Waals surface area (Å²) < 4.78 is 1.72. The lowest BCUT2D eigenvalue weighted by atomic mass is 10.0. The molecule has 0 aliphatic carbocycles. The van der Waals surface area contributed by atoms with E-state index in [1.807, 2.05) is 57.2 Å². The molecular formula is C25H26N6O2. The third kappa shape index (κ3) is 5.23. The number of amides is 1. The molecule has 8 heteroatoms. The van der Waals surface area contributed by atoms with Crippen molar-refractivity contribution in [3.63, 3.8) is 0 Å². The third-order valence-corrected chi connectivity index (χ3v) is 5.72. The second-order valence-electron chi connectivity index (χ2n) is 8.02. The summed E-state index contributed by atoms with van der Waals surface area (Å²) in [6.45, 7) is 6.00. The summed E-state index contributed by atoms with van der Waals surface area (Å²) in [7, 11) is 0. The molecule has 4 rings (SSSR count). The molecule has 0 aliphatic heterocycles. The zero-order valence-corrected chi connectivity index (χ0v) is 18.9. The standard InChI is InChI=1S/C25H26N6O2/c1-16-17(2)30-31(18(16)3)15-24(33)28-22(19-8-5-4-6-9-19)12-21-13-23(32)29-25(27-21)20-10-7-11-26-14-20/h4-11,13-14,22H,12,15H2,1-3H3,(H,28,33)(H,27,29,32)/t22-/m0/s1. The van der Waals surface area contributed by atoms with E-state index < -0.39 is 0 Å². The van der Waals surface area contributed by atoms with Crippen LogP contribution in [-0.4, -0.2) is 30.6 Å². The van der Waals surface area contributed by atoms with Gasteiger partial charge >= 0.3 is 0 Å². The number of aromatic amines is 1. The summed E-state index contributed by atoms with van der Waals surface area (Å²) in [5.41, 5.74) is 4.94. The summed E-state index contributed by atoms with van der Waals surface area (Å²) in [5.74, 6) is 0.286. The van der Waals surface area contributed by atoms with Crippen LogP contribution in [0.3, 0.4) is 0 Å². The molecular weight excluding hydrogens is 416 g/mol. The van der Waals surface area contributed by atoms with Crippen molar-refractivity contribution >= 4 is 5.91 Å². The Kier molecular flexibility index (Phi) is 6.44. The van der Waals surface area contributed by atoms with Crippen molar-refractivity contribution < 1.29 is 4.79 Å². The van der Waals surface area contributed by atoms with Crippen LogP contribution in [0, 0.1) is 20.8 Å². The van der Waals surface area contributed by atoms with Gasteiger partial charge in [0.15, 0.2) is 0 Å². The Morgan fingerprint density at radius 1 is 1.12 bits per heavy atom. The van der Waals surface area contributed by atoms with Crippen molar-refractivity contribution in [1.29, 1.82) is 0 Å². The molecule has 0 saturated carbocycles. The average Bonchev–Trinajstić information content (AvgIpc) is 3.05. The van der Waals surface area contributed by atoms with Gasteiger partial charge in [-0.05, 0) is 44.0 Å². The number of hydrogen-bond acceptors (Lipinski definition) is 5. The van der Waals surface area contributed by atoms with E-state index in [2.05, 4.69) is 25.4 Å². The van der Waals surface area contributed by atoms with Crippen LogP contribution in [0.1, 0.15) is 34.3 Å². The van der Waals surface area contributed by atoms with Gasteiger partial charge in [-0.1, -0.05) is 30.3 Å². The van der Waals surface area contributed by atoms with Gasteiger partial charge in [-0.25, -0.2) is 4.98 Å². The molecule has 8 nitrogen and oxygen atoms in total. The normalized spacial score (nSPS) is 11.8. The van der Waals surface area contributed by atoms with Crippen LogP contribution >= 0.6 is 0 Å². The van der Waals surface area contributed by atoms with Gasteiger partial charge in [0, 0.05) is 36.1 Å². The van der Waals surface area contributed by atoms with Crippen molar-refractivity contribution in [2.24, 2.45) is 0 Å². The lowest BCUT2D eigenvalue weighted by Gasteiger charge is -2.19. The molecule has 1 aromatic carbocycles. The maximum Gasteiger partial charge on any atom is 0.251 e. The molecule has 0 bridgehead atoms. The Hall–Kier alpha value is -4.07. The average molecular weight is 443 g/mol. The number of pyridine rings is 1. The molecule has 0 spiro atoms. The largest absolute Gasteiger partial charge is 0.347 e. The highest BCUT2D eigenvalue weighted by atomic mass is 16.2. The first-order chi connectivity index (χ1) is 15.9. The van der Waals surface area contributed by atoms with E-state index in [9.17, 15) is 9.59 Å². The number of nitrogens with zero attached hydrogens (tertiary/aromatic N) is 4. The highest BCUT2D eigenvalue weighted by Crippen LogP contribution is 2.19. The first-order valence-electron chi connectivity index (χ1n) is 10.8.